The van der Waals surface area contributed by atoms with Gasteiger partial charge in [-0.2, -0.15) is 4.98 Å². The second-order valence-electron chi connectivity index (χ2n) is 10.1. The molecule has 5 nitrogen and oxygen atoms in total. The standard InChI is InChI=1S/C31H37N5S/c1-36(2)30-27-15-9-10-16-28(27)34-31(35-30)33-25-19-17-23(18-20-25)21-32-22-29(24-11-5-3-6-12-24)37-26-13-7-4-8-14-26/h3-16,23,25,29,32H,17-22H2,1-2H3,(H,33,34,35)/t23-,25+,29?. The fourth-order valence-corrected chi connectivity index (χ4v) is 6.27. The number of thioether (sulfide) groups is 1. The van der Waals surface area contributed by atoms with Crippen molar-refractivity contribution in [2.24, 2.45) is 5.92 Å². The van der Waals surface area contributed by atoms with Gasteiger partial charge in [0.15, 0.2) is 0 Å². The maximum Gasteiger partial charge on any atom is 0.225 e. The van der Waals surface area contributed by atoms with Crippen LogP contribution in [0.2, 0.25) is 0 Å². The van der Waals surface area contributed by atoms with E-state index in [-0.39, 0.29) is 0 Å². The molecule has 0 bridgehead atoms. The third-order valence-corrected chi connectivity index (χ3v) is 8.41. The van der Waals surface area contributed by atoms with Gasteiger partial charge in [-0.15, -0.1) is 11.8 Å². The molecule has 2 N–H and O–H groups in total. The molecule has 0 saturated heterocycles. The summed E-state index contributed by atoms with van der Waals surface area (Å²) in [7, 11) is 4.08. The number of aromatic nitrogens is 2. The normalized spacial score (nSPS) is 18.4. The minimum Gasteiger partial charge on any atom is -0.362 e. The number of para-hydroxylation sites is 1. The molecule has 5 rings (SSSR count). The van der Waals surface area contributed by atoms with Crippen LogP contribution in [0.1, 0.15) is 36.5 Å². The SMILES string of the molecule is CN(C)c1nc(N[C@H]2CC[C@@H](CNCC(Sc3ccccc3)c3ccccc3)CC2)nc2ccccc12. The van der Waals surface area contributed by atoms with E-state index in [9.17, 15) is 0 Å². The van der Waals surface area contributed by atoms with E-state index in [2.05, 4.69) is 88.3 Å². The average molecular weight is 512 g/mol. The summed E-state index contributed by atoms with van der Waals surface area (Å²) in [5.41, 5.74) is 2.37. The Morgan fingerprint density at radius 1 is 0.838 bits per heavy atom. The summed E-state index contributed by atoms with van der Waals surface area (Å²) < 4.78 is 0. The summed E-state index contributed by atoms with van der Waals surface area (Å²) >= 11 is 1.94. The lowest BCUT2D eigenvalue weighted by molar-refractivity contribution is 0.324. The van der Waals surface area contributed by atoms with Crippen LogP contribution in [-0.2, 0) is 0 Å². The maximum atomic E-state index is 4.83. The van der Waals surface area contributed by atoms with Crippen molar-refractivity contribution >= 4 is 34.4 Å². The fraction of sp³-hybridized carbons (Fsp3) is 0.355. The molecule has 3 aromatic carbocycles. The first-order valence-corrected chi connectivity index (χ1v) is 14.2. The smallest absolute Gasteiger partial charge is 0.225 e. The Kier molecular flexibility index (Phi) is 8.59. The largest absolute Gasteiger partial charge is 0.362 e. The fourth-order valence-electron chi connectivity index (χ4n) is 5.14. The van der Waals surface area contributed by atoms with Gasteiger partial charge in [-0.25, -0.2) is 4.98 Å². The zero-order valence-corrected chi connectivity index (χ0v) is 22.6. The Morgan fingerprint density at radius 2 is 1.51 bits per heavy atom. The molecule has 0 spiro atoms. The molecule has 192 valence electrons. The predicted molar refractivity (Wildman–Crippen MR) is 158 cm³/mol. The highest BCUT2D eigenvalue weighted by Crippen LogP contribution is 2.35. The first-order chi connectivity index (χ1) is 18.2. The minimum atomic E-state index is 0.401. The maximum absolute atomic E-state index is 4.83. The summed E-state index contributed by atoms with van der Waals surface area (Å²) in [6.07, 6.45) is 4.75. The number of anilines is 2. The molecule has 4 aromatic rings. The van der Waals surface area contributed by atoms with E-state index < -0.39 is 0 Å². The highest BCUT2D eigenvalue weighted by atomic mass is 32.2. The van der Waals surface area contributed by atoms with Gasteiger partial charge in [0.25, 0.3) is 0 Å². The molecule has 0 aliphatic heterocycles. The van der Waals surface area contributed by atoms with Gasteiger partial charge < -0.3 is 15.5 Å². The Morgan fingerprint density at radius 3 is 2.24 bits per heavy atom. The van der Waals surface area contributed by atoms with E-state index in [0.717, 1.165) is 48.6 Å². The van der Waals surface area contributed by atoms with Gasteiger partial charge >= 0.3 is 0 Å². The molecule has 1 aromatic heterocycles. The molecular formula is C31H37N5S. The lowest BCUT2D eigenvalue weighted by Crippen LogP contribution is -2.33. The van der Waals surface area contributed by atoms with Crippen LogP contribution in [0.5, 0.6) is 0 Å². The van der Waals surface area contributed by atoms with Crippen LogP contribution in [0.3, 0.4) is 0 Å². The van der Waals surface area contributed by atoms with Crippen molar-refractivity contribution in [2.75, 3.05) is 37.4 Å². The molecule has 1 aliphatic carbocycles. The Balaban J connectivity index is 1.13. The second-order valence-corrected chi connectivity index (χ2v) is 11.4. The zero-order chi connectivity index (χ0) is 25.5. The molecule has 37 heavy (non-hydrogen) atoms. The van der Waals surface area contributed by atoms with Gasteiger partial charge in [0.05, 0.1) is 5.52 Å². The number of nitrogens with zero attached hydrogens (tertiary/aromatic N) is 3. The van der Waals surface area contributed by atoms with E-state index in [1.165, 1.54) is 23.3 Å². The van der Waals surface area contributed by atoms with Gasteiger partial charge in [-0.3, -0.25) is 0 Å². The van der Waals surface area contributed by atoms with Gasteiger partial charge in [0.2, 0.25) is 5.95 Å². The molecule has 1 atom stereocenters. The van der Waals surface area contributed by atoms with Crippen molar-refractivity contribution in [2.45, 2.75) is 41.9 Å². The molecule has 1 saturated carbocycles. The van der Waals surface area contributed by atoms with Crippen LogP contribution < -0.4 is 15.5 Å². The summed E-state index contributed by atoms with van der Waals surface area (Å²) in [6, 6.07) is 30.3. The van der Waals surface area contributed by atoms with Crippen LogP contribution in [0.25, 0.3) is 10.9 Å². The first kappa shape index (κ1) is 25.6. The Hall–Kier alpha value is -3.09. The second kappa shape index (κ2) is 12.4. The van der Waals surface area contributed by atoms with Crippen molar-refractivity contribution in [3.05, 3.63) is 90.5 Å². The van der Waals surface area contributed by atoms with E-state index in [1.54, 1.807) is 0 Å². The summed E-state index contributed by atoms with van der Waals surface area (Å²) in [4.78, 5) is 13.0. The van der Waals surface area contributed by atoms with Crippen molar-refractivity contribution in [3.8, 4) is 0 Å². The highest BCUT2D eigenvalue weighted by molar-refractivity contribution is 7.99. The number of rotatable bonds is 10. The quantitative estimate of drug-likeness (QED) is 0.229. The zero-order valence-electron chi connectivity index (χ0n) is 21.8. The average Bonchev–Trinajstić information content (AvgIpc) is 2.94. The third kappa shape index (κ3) is 6.82. The van der Waals surface area contributed by atoms with Gasteiger partial charge in [0, 0.05) is 42.2 Å². The summed E-state index contributed by atoms with van der Waals surface area (Å²) in [6.45, 7) is 2.04. The van der Waals surface area contributed by atoms with Crippen molar-refractivity contribution in [1.82, 2.24) is 15.3 Å². The third-order valence-electron chi connectivity index (χ3n) is 7.14. The van der Waals surface area contributed by atoms with Crippen LogP contribution in [-0.4, -0.2) is 43.2 Å². The van der Waals surface area contributed by atoms with Crippen molar-refractivity contribution in [1.29, 1.82) is 0 Å². The van der Waals surface area contributed by atoms with Crippen LogP contribution >= 0.6 is 11.8 Å². The lowest BCUT2D eigenvalue weighted by atomic mass is 9.86. The summed E-state index contributed by atoms with van der Waals surface area (Å²) in [5, 5.41) is 8.94. The molecule has 6 heteroatoms. The van der Waals surface area contributed by atoms with Crippen LogP contribution in [0.4, 0.5) is 11.8 Å². The number of hydrogen-bond acceptors (Lipinski definition) is 6. The molecular weight excluding hydrogens is 474 g/mol. The number of benzene rings is 3. The molecule has 1 heterocycles. The van der Waals surface area contributed by atoms with Crippen LogP contribution in [0, 0.1) is 5.92 Å². The first-order valence-electron chi connectivity index (χ1n) is 13.3. The number of nitrogens with one attached hydrogen (secondary N) is 2. The summed E-state index contributed by atoms with van der Waals surface area (Å²) in [5.74, 6) is 2.42. The minimum absolute atomic E-state index is 0.401. The lowest BCUT2D eigenvalue weighted by Gasteiger charge is -2.30. The number of hydrogen-bond donors (Lipinski definition) is 2. The number of fused-ring (bicyclic) bond motifs is 1. The van der Waals surface area contributed by atoms with E-state index in [4.69, 9.17) is 9.97 Å². The van der Waals surface area contributed by atoms with Crippen LogP contribution in [0.15, 0.2) is 89.8 Å². The molecule has 0 radical (unpaired) electrons. The van der Waals surface area contributed by atoms with E-state index in [1.807, 2.05) is 38.0 Å². The van der Waals surface area contributed by atoms with E-state index in [0.29, 0.717) is 17.2 Å². The van der Waals surface area contributed by atoms with Crippen molar-refractivity contribution < 1.29 is 0 Å². The molecule has 1 fully saturated rings. The molecule has 1 unspecified atom stereocenters. The van der Waals surface area contributed by atoms with Gasteiger partial charge in [-0.1, -0.05) is 60.7 Å². The predicted octanol–water partition coefficient (Wildman–Crippen LogP) is 6.79. The Bertz CT molecular complexity index is 1260. The highest BCUT2D eigenvalue weighted by Gasteiger charge is 2.23. The molecule has 0 amide bonds. The van der Waals surface area contributed by atoms with E-state index >= 15 is 0 Å². The van der Waals surface area contributed by atoms with Crippen molar-refractivity contribution in [3.63, 3.8) is 0 Å². The monoisotopic (exact) mass is 511 g/mol. The Labute approximate surface area is 225 Å². The van der Waals surface area contributed by atoms with Gasteiger partial charge in [-0.05, 0) is 68.0 Å². The van der Waals surface area contributed by atoms with Gasteiger partial charge in [0.1, 0.15) is 5.82 Å². The topological polar surface area (TPSA) is 53.1 Å². The molecule has 1 aliphatic rings.